The zero-order valence-electron chi connectivity index (χ0n) is 17.2. The van der Waals surface area contributed by atoms with Crippen molar-refractivity contribution in [1.29, 1.82) is 0 Å². The van der Waals surface area contributed by atoms with Crippen molar-refractivity contribution in [3.05, 3.63) is 83.3 Å². The SMILES string of the molecule is O=C(NC1CCC(=Cc2cccc(Oc3ccc(C(F)(F)F)cn3)c2)CC1)c1ccc[nH]1. The molecule has 0 atom stereocenters. The van der Waals surface area contributed by atoms with Gasteiger partial charge in [0.05, 0.1) is 5.56 Å². The first kappa shape index (κ1) is 21.7. The Hall–Kier alpha value is -3.55. The number of nitrogens with zero attached hydrogens (tertiary/aromatic N) is 1. The molecule has 0 aliphatic heterocycles. The zero-order chi connectivity index (χ0) is 22.6. The smallest absolute Gasteiger partial charge is 0.417 e. The molecule has 2 heterocycles. The molecular weight excluding hydrogens is 419 g/mol. The summed E-state index contributed by atoms with van der Waals surface area (Å²) >= 11 is 0. The van der Waals surface area contributed by atoms with Crippen LogP contribution in [-0.2, 0) is 6.18 Å². The fourth-order valence-corrected chi connectivity index (χ4v) is 3.64. The summed E-state index contributed by atoms with van der Waals surface area (Å²) < 4.78 is 43.6. The molecule has 1 aliphatic carbocycles. The molecule has 0 bridgehead atoms. The number of H-pyrrole nitrogens is 1. The van der Waals surface area contributed by atoms with Crippen LogP contribution in [0.2, 0.25) is 0 Å². The number of hydrogen-bond donors (Lipinski definition) is 2. The number of hydrogen-bond acceptors (Lipinski definition) is 3. The number of ether oxygens (including phenoxy) is 1. The first-order chi connectivity index (χ1) is 15.4. The van der Waals surface area contributed by atoms with Crippen LogP contribution in [0.25, 0.3) is 6.08 Å². The number of aromatic nitrogens is 2. The molecule has 1 amide bonds. The number of carbonyl (C=O) groups excluding carboxylic acids is 1. The van der Waals surface area contributed by atoms with E-state index in [9.17, 15) is 18.0 Å². The number of allylic oxidation sites excluding steroid dienone is 1. The monoisotopic (exact) mass is 441 g/mol. The molecule has 1 saturated carbocycles. The van der Waals surface area contributed by atoms with Crippen molar-refractivity contribution in [2.75, 3.05) is 0 Å². The number of pyridine rings is 1. The largest absolute Gasteiger partial charge is 0.439 e. The number of halogens is 3. The van der Waals surface area contributed by atoms with Crippen molar-refractivity contribution < 1.29 is 22.7 Å². The third-order valence-electron chi connectivity index (χ3n) is 5.32. The van der Waals surface area contributed by atoms with Gasteiger partial charge in [-0.25, -0.2) is 4.98 Å². The number of aromatic amines is 1. The fraction of sp³-hybridized carbons (Fsp3) is 0.250. The van der Waals surface area contributed by atoms with E-state index in [1.165, 1.54) is 11.6 Å². The third-order valence-corrected chi connectivity index (χ3v) is 5.32. The topological polar surface area (TPSA) is 67.0 Å². The zero-order valence-corrected chi connectivity index (χ0v) is 17.2. The van der Waals surface area contributed by atoms with Gasteiger partial charge >= 0.3 is 6.18 Å². The number of rotatable bonds is 5. The van der Waals surface area contributed by atoms with Crippen molar-refractivity contribution >= 4 is 12.0 Å². The minimum Gasteiger partial charge on any atom is -0.439 e. The van der Waals surface area contributed by atoms with E-state index in [0.29, 0.717) is 11.4 Å². The molecule has 8 heteroatoms. The predicted molar refractivity (Wildman–Crippen MR) is 114 cm³/mol. The molecule has 1 fully saturated rings. The highest BCUT2D eigenvalue weighted by molar-refractivity contribution is 5.92. The number of nitrogens with one attached hydrogen (secondary N) is 2. The first-order valence-corrected chi connectivity index (χ1v) is 10.3. The van der Waals surface area contributed by atoms with Crippen LogP contribution in [0, 0.1) is 0 Å². The van der Waals surface area contributed by atoms with Gasteiger partial charge in [0.1, 0.15) is 11.4 Å². The van der Waals surface area contributed by atoms with Crippen LogP contribution < -0.4 is 10.1 Å². The van der Waals surface area contributed by atoms with Gasteiger partial charge < -0.3 is 15.0 Å². The van der Waals surface area contributed by atoms with Crippen LogP contribution in [0.3, 0.4) is 0 Å². The van der Waals surface area contributed by atoms with E-state index in [4.69, 9.17) is 4.74 Å². The van der Waals surface area contributed by atoms with Gasteiger partial charge in [-0.15, -0.1) is 0 Å². The van der Waals surface area contributed by atoms with Crippen molar-refractivity contribution in [2.45, 2.75) is 37.9 Å². The molecule has 2 aromatic heterocycles. The second-order valence-corrected chi connectivity index (χ2v) is 7.69. The molecule has 0 spiro atoms. The average Bonchev–Trinajstić information content (AvgIpc) is 3.30. The van der Waals surface area contributed by atoms with E-state index < -0.39 is 11.7 Å². The molecule has 0 unspecified atom stereocenters. The molecule has 166 valence electrons. The lowest BCUT2D eigenvalue weighted by Gasteiger charge is -2.25. The molecule has 0 radical (unpaired) electrons. The minimum absolute atomic E-state index is 0.0887. The van der Waals surface area contributed by atoms with E-state index in [0.717, 1.165) is 43.5 Å². The number of alkyl halides is 3. The maximum atomic E-state index is 12.7. The molecule has 1 aromatic carbocycles. The highest BCUT2D eigenvalue weighted by Crippen LogP contribution is 2.31. The van der Waals surface area contributed by atoms with E-state index in [1.54, 1.807) is 24.4 Å². The summed E-state index contributed by atoms with van der Waals surface area (Å²) in [4.78, 5) is 18.8. The Balaban J connectivity index is 1.34. The summed E-state index contributed by atoms with van der Waals surface area (Å²) in [6.07, 6.45) is 3.63. The Morgan fingerprint density at radius 2 is 1.94 bits per heavy atom. The Bertz CT molecular complexity index is 1080. The van der Waals surface area contributed by atoms with Crippen LogP contribution in [0.5, 0.6) is 11.6 Å². The lowest BCUT2D eigenvalue weighted by atomic mass is 9.89. The Kier molecular flexibility index (Phi) is 6.30. The minimum atomic E-state index is -4.43. The summed E-state index contributed by atoms with van der Waals surface area (Å²) in [6, 6.07) is 13.2. The summed E-state index contributed by atoms with van der Waals surface area (Å²) in [5, 5.41) is 3.06. The molecule has 5 nitrogen and oxygen atoms in total. The summed E-state index contributed by atoms with van der Waals surface area (Å²) in [5.74, 6) is 0.508. The number of benzene rings is 1. The molecule has 3 aromatic rings. The van der Waals surface area contributed by atoms with E-state index in [-0.39, 0.29) is 17.8 Å². The molecule has 2 N–H and O–H groups in total. The van der Waals surface area contributed by atoms with Gasteiger partial charge in [-0.2, -0.15) is 13.2 Å². The van der Waals surface area contributed by atoms with Crippen LogP contribution >= 0.6 is 0 Å². The van der Waals surface area contributed by atoms with Crippen molar-refractivity contribution in [3.8, 4) is 11.6 Å². The standard InChI is InChI=1S/C24H22F3N3O2/c25-24(26,27)18-8-11-22(29-15-18)32-20-4-1-3-17(14-20)13-16-6-9-19(10-7-16)30-23(31)21-5-2-12-28-21/h1-5,8,11-15,19,28H,6-7,9-10H2,(H,30,31). The lowest BCUT2D eigenvalue weighted by Crippen LogP contribution is -2.36. The van der Waals surface area contributed by atoms with Crippen LogP contribution in [0.4, 0.5) is 13.2 Å². The second-order valence-electron chi connectivity index (χ2n) is 7.69. The maximum absolute atomic E-state index is 12.7. The Labute approximate surface area is 183 Å². The van der Waals surface area contributed by atoms with Crippen molar-refractivity contribution in [2.24, 2.45) is 0 Å². The second kappa shape index (κ2) is 9.30. The lowest BCUT2D eigenvalue weighted by molar-refractivity contribution is -0.137. The van der Waals surface area contributed by atoms with Crippen LogP contribution in [-0.4, -0.2) is 21.9 Å². The molecule has 1 aliphatic rings. The van der Waals surface area contributed by atoms with Crippen molar-refractivity contribution in [1.82, 2.24) is 15.3 Å². The van der Waals surface area contributed by atoms with Crippen molar-refractivity contribution in [3.63, 3.8) is 0 Å². The summed E-state index contributed by atoms with van der Waals surface area (Å²) in [6.45, 7) is 0. The fourth-order valence-electron chi connectivity index (χ4n) is 3.64. The van der Waals surface area contributed by atoms with Gasteiger partial charge in [0, 0.05) is 24.5 Å². The average molecular weight is 441 g/mol. The highest BCUT2D eigenvalue weighted by atomic mass is 19.4. The highest BCUT2D eigenvalue weighted by Gasteiger charge is 2.30. The number of carbonyl (C=O) groups is 1. The van der Waals surface area contributed by atoms with Gasteiger partial charge in [-0.3, -0.25) is 4.79 Å². The molecular formula is C24H22F3N3O2. The van der Waals surface area contributed by atoms with Gasteiger partial charge in [0.15, 0.2) is 0 Å². The van der Waals surface area contributed by atoms with E-state index in [1.807, 2.05) is 18.2 Å². The van der Waals surface area contributed by atoms with Gasteiger partial charge in [0.25, 0.3) is 5.91 Å². The maximum Gasteiger partial charge on any atom is 0.417 e. The third kappa shape index (κ3) is 5.57. The Morgan fingerprint density at radius 1 is 1.12 bits per heavy atom. The Morgan fingerprint density at radius 3 is 2.59 bits per heavy atom. The molecule has 32 heavy (non-hydrogen) atoms. The van der Waals surface area contributed by atoms with Crippen LogP contribution in [0.15, 0.2) is 66.5 Å². The van der Waals surface area contributed by atoms with Crippen LogP contribution in [0.1, 0.15) is 47.3 Å². The summed E-state index contributed by atoms with van der Waals surface area (Å²) in [7, 11) is 0. The van der Waals surface area contributed by atoms with Gasteiger partial charge in [-0.05, 0) is 61.6 Å². The predicted octanol–water partition coefficient (Wildman–Crippen LogP) is 5.98. The number of amides is 1. The summed E-state index contributed by atoms with van der Waals surface area (Å²) in [5.41, 5.74) is 1.96. The van der Waals surface area contributed by atoms with E-state index >= 15 is 0 Å². The quantitative estimate of drug-likeness (QED) is 0.512. The van der Waals surface area contributed by atoms with Gasteiger partial charge in [-0.1, -0.05) is 23.8 Å². The van der Waals surface area contributed by atoms with E-state index in [2.05, 4.69) is 21.4 Å². The normalized spacial score (nSPS) is 16.5. The van der Waals surface area contributed by atoms with Gasteiger partial charge in [0.2, 0.25) is 5.88 Å². The molecule has 4 rings (SSSR count). The molecule has 0 saturated heterocycles. The first-order valence-electron chi connectivity index (χ1n) is 10.3.